The highest BCUT2D eigenvalue weighted by Crippen LogP contribution is 2.29. The van der Waals surface area contributed by atoms with Crippen molar-refractivity contribution in [3.05, 3.63) is 82.9 Å². The number of phenolic OH excluding ortho intramolecular Hbond substituents is 1. The number of nitrogens with one attached hydrogen (secondary N) is 2. The lowest BCUT2D eigenvalue weighted by Gasteiger charge is -2.10. The number of aryl methyl sites for hydroxylation is 1. The zero-order valence-electron chi connectivity index (χ0n) is 19.1. The standard InChI is InChI=1S/C25H23F3N4O4/c1-36-22-13-19(31-23(34)11-4-15-2-7-18(8-3-15)25(26,27)28)9-5-17(22)14-30-32-24(35)16-6-10-21(33)20(29)12-16/h2-3,5-10,12-14,33H,4,11,29H2,1H3,(H,31,34)(H,32,35)/b30-14+. The summed E-state index contributed by atoms with van der Waals surface area (Å²) in [6, 6.07) is 13.5. The molecule has 0 fully saturated rings. The summed E-state index contributed by atoms with van der Waals surface area (Å²) in [5.41, 5.74) is 9.03. The molecule has 0 saturated carbocycles. The molecule has 3 aromatic rings. The van der Waals surface area contributed by atoms with Gasteiger partial charge in [-0.2, -0.15) is 18.3 Å². The van der Waals surface area contributed by atoms with Gasteiger partial charge in [-0.1, -0.05) is 12.1 Å². The number of hydrogen-bond donors (Lipinski definition) is 4. The molecule has 0 atom stereocenters. The Hall–Kier alpha value is -4.54. The Morgan fingerprint density at radius 2 is 1.81 bits per heavy atom. The number of phenols is 1. The van der Waals surface area contributed by atoms with Gasteiger partial charge in [0.05, 0.1) is 24.6 Å². The van der Waals surface area contributed by atoms with Gasteiger partial charge in [-0.05, 0) is 54.4 Å². The minimum Gasteiger partial charge on any atom is -0.506 e. The van der Waals surface area contributed by atoms with Crippen molar-refractivity contribution in [1.82, 2.24) is 5.43 Å². The van der Waals surface area contributed by atoms with Crippen LogP contribution in [0.1, 0.15) is 33.5 Å². The molecule has 0 aliphatic heterocycles. The van der Waals surface area contributed by atoms with E-state index in [9.17, 15) is 27.9 Å². The third kappa shape index (κ3) is 6.98. The molecule has 2 amide bonds. The Bertz CT molecular complexity index is 1280. The van der Waals surface area contributed by atoms with E-state index in [0.717, 1.165) is 12.1 Å². The fourth-order valence-electron chi connectivity index (χ4n) is 3.16. The monoisotopic (exact) mass is 500 g/mol. The molecule has 0 aliphatic carbocycles. The number of halogens is 3. The van der Waals surface area contributed by atoms with E-state index in [1.165, 1.54) is 43.7 Å². The molecule has 3 aromatic carbocycles. The van der Waals surface area contributed by atoms with Crippen LogP contribution in [0.3, 0.4) is 0 Å². The first kappa shape index (κ1) is 26.1. The fourth-order valence-corrected chi connectivity index (χ4v) is 3.16. The van der Waals surface area contributed by atoms with Crippen LogP contribution >= 0.6 is 0 Å². The number of nitrogens with two attached hydrogens (primary N) is 1. The predicted molar refractivity (Wildman–Crippen MR) is 129 cm³/mol. The molecule has 3 rings (SSSR count). The zero-order chi connectivity index (χ0) is 26.3. The molecule has 0 aromatic heterocycles. The van der Waals surface area contributed by atoms with E-state index in [1.807, 2.05) is 0 Å². The number of carbonyl (C=O) groups is 2. The normalized spacial score (nSPS) is 11.3. The minimum atomic E-state index is -4.40. The second-order valence-electron chi connectivity index (χ2n) is 7.67. The lowest BCUT2D eigenvalue weighted by molar-refractivity contribution is -0.137. The van der Waals surface area contributed by atoms with Crippen LogP contribution in [0, 0.1) is 0 Å². The van der Waals surface area contributed by atoms with Crippen LogP contribution in [0.25, 0.3) is 0 Å². The summed E-state index contributed by atoms with van der Waals surface area (Å²) in [7, 11) is 1.43. The van der Waals surface area contributed by atoms with Crippen LogP contribution in [0.4, 0.5) is 24.5 Å². The third-order valence-electron chi connectivity index (χ3n) is 5.10. The smallest absolute Gasteiger partial charge is 0.416 e. The summed E-state index contributed by atoms with van der Waals surface area (Å²) in [5.74, 6) is -0.610. The quantitative estimate of drug-likeness (QED) is 0.158. The molecule has 188 valence electrons. The summed E-state index contributed by atoms with van der Waals surface area (Å²) in [5, 5.41) is 16.0. The fraction of sp³-hybridized carbons (Fsp3) is 0.160. The maximum atomic E-state index is 12.7. The highest BCUT2D eigenvalue weighted by molar-refractivity contribution is 5.96. The van der Waals surface area contributed by atoms with Gasteiger partial charge in [-0.3, -0.25) is 9.59 Å². The molecule has 0 aliphatic rings. The number of alkyl halides is 3. The average Bonchev–Trinajstić information content (AvgIpc) is 2.84. The maximum absolute atomic E-state index is 12.7. The van der Waals surface area contributed by atoms with E-state index in [0.29, 0.717) is 22.6 Å². The van der Waals surface area contributed by atoms with Crippen LogP contribution < -0.4 is 21.2 Å². The number of rotatable bonds is 8. The summed E-state index contributed by atoms with van der Waals surface area (Å²) < 4.78 is 43.3. The molecule has 0 saturated heterocycles. The lowest BCUT2D eigenvalue weighted by atomic mass is 10.1. The van der Waals surface area contributed by atoms with Gasteiger partial charge in [0, 0.05) is 29.3 Å². The van der Waals surface area contributed by atoms with Gasteiger partial charge in [-0.25, -0.2) is 5.43 Å². The highest BCUT2D eigenvalue weighted by Gasteiger charge is 2.29. The zero-order valence-corrected chi connectivity index (χ0v) is 19.1. The van der Waals surface area contributed by atoms with E-state index >= 15 is 0 Å². The molecule has 0 spiro atoms. The molecule has 0 heterocycles. The molecule has 8 nitrogen and oxygen atoms in total. The van der Waals surface area contributed by atoms with Gasteiger partial charge in [0.2, 0.25) is 5.91 Å². The first-order valence-electron chi connectivity index (χ1n) is 10.6. The van der Waals surface area contributed by atoms with E-state index in [2.05, 4.69) is 15.8 Å². The van der Waals surface area contributed by atoms with Gasteiger partial charge in [0.15, 0.2) is 0 Å². The third-order valence-corrected chi connectivity index (χ3v) is 5.10. The number of carbonyl (C=O) groups excluding carboxylic acids is 2. The molecular formula is C25H23F3N4O4. The van der Waals surface area contributed by atoms with E-state index in [1.54, 1.807) is 18.2 Å². The number of hydrazone groups is 1. The predicted octanol–water partition coefficient (Wildman–Crippen LogP) is 4.34. The Balaban J connectivity index is 1.56. The topological polar surface area (TPSA) is 126 Å². The van der Waals surface area contributed by atoms with Crippen molar-refractivity contribution in [3.63, 3.8) is 0 Å². The molecule has 5 N–H and O–H groups in total. The minimum absolute atomic E-state index is 0.0605. The van der Waals surface area contributed by atoms with E-state index in [-0.39, 0.29) is 35.7 Å². The number of ether oxygens (including phenoxy) is 1. The van der Waals surface area contributed by atoms with Gasteiger partial charge < -0.3 is 20.9 Å². The largest absolute Gasteiger partial charge is 0.506 e. The molecule has 0 radical (unpaired) electrons. The van der Waals surface area contributed by atoms with Crippen molar-refractivity contribution in [2.24, 2.45) is 5.10 Å². The van der Waals surface area contributed by atoms with Gasteiger partial charge in [-0.15, -0.1) is 0 Å². The summed E-state index contributed by atoms with van der Waals surface area (Å²) in [6.07, 6.45) is -2.70. The number of methoxy groups -OCH3 is 1. The van der Waals surface area contributed by atoms with E-state index in [4.69, 9.17) is 10.5 Å². The Labute approximate surface area is 204 Å². The van der Waals surface area contributed by atoms with Crippen molar-refractivity contribution in [3.8, 4) is 11.5 Å². The first-order chi connectivity index (χ1) is 17.1. The molecule has 36 heavy (non-hydrogen) atoms. The molecule has 11 heteroatoms. The highest BCUT2D eigenvalue weighted by atomic mass is 19.4. The van der Waals surface area contributed by atoms with Crippen molar-refractivity contribution >= 4 is 29.4 Å². The van der Waals surface area contributed by atoms with Crippen molar-refractivity contribution < 1.29 is 32.6 Å². The Morgan fingerprint density at radius 3 is 2.44 bits per heavy atom. The number of amides is 2. The van der Waals surface area contributed by atoms with Crippen LogP contribution in [0.15, 0.2) is 65.8 Å². The number of aromatic hydroxyl groups is 1. The molecule has 0 unspecified atom stereocenters. The lowest BCUT2D eigenvalue weighted by Crippen LogP contribution is -2.17. The van der Waals surface area contributed by atoms with Crippen molar-refractivity contribution in [2.75, 3.05) is 18.2 Å². The summed E-state index contributed by atoms with van der Waals surface area (Å²) in [4.78, 5) is 24.5. The second-order valence-corrected chi connectivity index (χ2v) is 7.67. The summed E-state index contributed by atoms with van der Waals surface area (Å²) >= 11 is 0. The Morgan fingerprint density at radius 1 is 1.08 bits per heavy atom. The van der Waals surface area contributed by atoms with Crippen LogP contribution in [-0.2, 0) is 17.4 Å². The number of nitrogen functional groups attached to an aromatic ring is 1. The van der Waals surface area contributed by atoms with Gasteiger partial charge in [0.1, 0.15) is 11.5 Å². The van der Waals surface area contributed by atoms with E-state index < -0.39 is 17.6 Å². The number of anilines is 2. The average molecular weight is 500 g/mol. The van der Waals surface area contributed by atoms with Crippen molar-refractivity contribution in [1.29, 1.82) is 0 Å². The number of hydrogen-bond acceptors (Lipinski definition) is 6. The second kappa shape index (κ2) is 11.3. The molecular weight excluding hydrogens is 477 g/mol. The summed E-state index contributed by atoms with van der Waals surface area (Å²) in [6.45, 7) is 0. The SMILES string of the molecule is COc1cc(NC(=O)CCc2ccc(C(F)(F)F)cc2)ccc1/C=N/NC(=O)c1ccc(O)c(N)c1. The molecule has 0 bridgehead atoms. The van der Waals surface area contributed by atoms with Crippen LogP contribution in [0.2, 0.25) is 0 Å². The van der Waals surface area contributed by atoms with Gasteiger partial charge >= 0.3 is 6.18 Å². The first-order valence-corrected chi connectivity index (χ1v) is 10.6. The number of benzene rings is 3. The van der Waals surface area contributed by atoms with Crippen molar-refractivity contribution in [2.45, 2.75) is 19.0 Å². The van der Waals surface area contributed by atoms with Crippen LogP contribution in [-0.4, -0.2) is 30.2 Å². The maximum Gasteiger partial charge on any atom is 0.416 e. The number of nitrogens with zero attached hydrogens (tertiary/aromatic N) is 1. The Kier molecular flexibility index (Phi) is 8.15. The van der Waals surface area contributed by atoms with Crippen LogP contribution in [0.5, 0.6) is 11.5 Å². The van der Waals surface area contributed by atoms with Gasteiger partial charge in [0.25, 0.3) is 5.91 Å².